The van der Waals surface area contributed by atoms with E-state index in [1.165, 1.54) is 19.3 Å². The molecule has 27 heavy (non-hydrogen) atoms. The van der Waals surface area contributed by atoms with Crippen molar-refractivity contribution < 1.29 is 4.79 Å². The highest BCUT2D eigenvalue weighted by Crippen LogP contribution is 2.38. The lowest BCUT2D eigenvalue weighted by Gasteiger charge is -2.35. The quantitative estimate of drug-likeness (QED) is 0.787. The zero-order valence-electron chi connectivity index (χ0n) is 16.3. The van der Waals surface area contributed by atoms with Crippen LogP contribution in [-0.2, 0) is 11.3 Å². The summed E-state index contributed by atoms with van der Waals surface area (Å²) in [5.74, 6) is 0.0977. The lowest BCUT2D eigenvalue weighted by atomic mass is 9.71. The molecule has 5 nitrogen and oxygen atoms in total. The van der Waals surface area contributed by atoms with Gasteiger partial charge in [-0.25, -0.2) is 4.68 Å². The highest BCUT2D eigenvalue weighted by atomic mass is 35.5. The van der Waals surface area contributed by atoms with E-state index in [0.717, 1.165) is 35.5 Å². The van der Waals surface area contributed by atoms with Gasteiger partial charge in [-0.05, 0) is 56.3 Å². The van der Waals surface area contributed by atoms with Crippen LogP contribution in [0.4, 0.5) is 0 Å². The van der Waals surface area contributed by atoms with Gasteiger partial charge in [0.15, 0.2) is 0 Å². The van der Waals surface area contributed by atoms with Gasteiger partial charge in [0.2, 0.25) is 5.91 Å². The van der Waals surface area contributed by atoms with Crippen LogP contribution in [0.5, 0.6) is 0 Å². The van der Waals surface area contributed by atoms with Crippen molar-refractivity contribution in [2.24, 2.45) is 11.1 Å². The molecule has 1 aromatic carbocycles. The molecule has 2 aromatic rings. The molecule has 0 radical (unpaired) electrons. The Morgan fingerprint density at radius 2 is 1.93 bits per heavy atom. The van der Waals surface area contributed by atoms with Gasteiger partial charge < -0.3 is 11.1 Å². The molecule has 0 bridgehead atoms. The molecule has 1 aromatic heterocycles. The summed E-state index contributed by atoms with van der Waals surface area (Å²) in [6.07, 6.45) is 6.31. The number of aryl methyl sites for hydroxylation is 2. The van der Waals surface area contributed by atoms with Crippen LogP contribution in [0.25, 0.3) is 5.69 Å². The van der Waals surface area contributed by atoms with Crippen molar-refractivity contribution >= 4 is 18.3 Å². The molecule has 1 aliphatic carbocycles. The van der Waals surface area contributed by atoms with Crippen molar-refractivity contribution in [1.82, 2.24) is 15.1 Å². The first-order chi connectivity index (χ1) is 12.5. The van der Waals surface area contributed by atoms with E-state index in [0.29, 0.717) is 19.5 Å². The summed E-state index contributed by atoms with van der Waals surface area (Å²) < 4.78 is 1.94. The zero-order valence-corrected chi connectivity index (χ0v) is 17.1. The Labute approximate surface area is 168 Å². The van der Waals surface area contributed by atoms with Crippen LogP contribution in [0.3, 0.4) is 0 Å². The van der Waals surface area contributed by atoms with Gasteiger partial charge in [-0.3, -0.25) is 4.79 Å². The van der Waals surface area contributed by atoms with Gasteiger partial charge in [0.05, 0.1) is 11.4 Å². The van der Waals surface area contributed by atoms with E-state index in [1.807, 2.05) is 42.8 Å². The molecule has 1 aliphatic rings. The standard InChI is InChI=1S/C21H30N4O.ClH/c1-16-12-17(2)25(24-16)19-9-5-4-8-18(19)14-23-20(26)13-21(15-22)10-6-3-7-11-21;/h4-5,8-9,12H,3,6-7,10-11,13-15,22H2,1-2H3,(H,23,26);1H. The molecule has 0 saturated heterocycles. The fourth-order valence-electron chi connectivity index (χ4n) is 4.09. The minimum Gasteiger partial charge on any atom is -0.352 e. The van der Waals surface area contributed by atoms with Gasteiger partial charge in [0.1, 0.15) is 0 Å². The number of nitrogens with one attached hydrogen (secondary N) is 1. The number of nitrogens with two attached hydrogens (primary N) is 1. The number of halogens is 1. The predicted molar refractivity (Wildman–Crippen MR) is 111 cm³/mol. The number of hydrogen-bond acceptors (Lipinski definition) is 3. The van der Waals surface area contributed by atoms with Crippen molar-refractivity contribution in [3.8, 4) is 5.69 Å². The number of aromatic nitrogens is 2. The van der Waals surface area contributed by atoms with Crippen molar-refractivity contribution in [1.29, 1.82) is 0 Å². The topological polar surface area (TPSA) is 72.9 Å². The summed E-state index contributed by atoms with van der Waals surface area (Å²) in [4.78, 5) is 12.6. The molecule has 148 valence electrons. The number of carbonyl (C=O) groups excluding carboxylic acids is 1. The van der Waals surface area contributed by atoms with Crippen molar-refractivity contribution in [2.45, 2.75) is 58.9 Å². The molecular formula is C21H31ClN4O. The molecule has 6 heteroatoms. The monoisotopic (exact) mass is 390 g/mol. The van der Waals surface area contributed by atoms with E-state index in [1.54, 1.807) is 0 Å². The van der Waals surface area contributed by atoms with Crippen molar-refractivity contribution in [3.63, 3.8) is 0 Å². The smallest absolute Gasteiger partial charge is 0.220 e. The second kappa shape index (κ2) is 9.38. The largest absolute Gasteiger partial charge is 0.352 e. The van der Waals surface area contributed by atoms with Gasteiger partial charge >= 0.3 is 0 Å². The molecule has 3 N–H and O–H groups in total. The number of hydrogen-bond donors (Lipinski definition) is 2. The van der Waals surface area contributed by atoms with E-state index < -0.39 is 0 Å². The highest BCUT2D eigenvalue weighted by molar-refractivity contribution is 5.85. The molecule has 1 saturated carbocycles. The molecule has 0 aliphatic heterocycles. The summed E-state index contributed by atoms with van der Waals surface area (Å²) in [5, 5.41) is 7.68. The molecule has 0 spiro atoms. The first-order valence-electron chi connectivity index (χ1n) is 9.61. The Balaban J connectivity index is 0.00000261. The lowest BCUT2D eigenvalue weighted by Crippen LogP contribution is -2.38. The number of para-hydroxylation sites is 1. The molecule has 3 rings (SSSR count). The maximum absolute atomic E-state index is 12.6. The fraction of sp³-hybridized carbons (Fsp3) is 0.524. The van der Waals surface area contributed by atoms with Gasteiger partial charge in [-0.1, -0.05) is 37.5 Å². The summed E-state index contributed by atoms with van der Waals surface area (Å²) in [5.41, 5.74) is 10.2. The van der Waals surface area contributed by atoms with E-state index in [-0.39, 0.29) is 23.7 Å². The lowest BCUT2D eigenvalue weighted by molar-refractivity contribution is -0.124. The van der Waals surface area contributed by atoms with Crippen LogP contribution in [0.15, 0.2) is 30.3 Å². The van der Waals surface area contributed by atoms with Crippen molar-refractivity contribution in [2.75, 3.05) is 6.54 Å². The Bertz CT molecular complexity index is 765. The summed E-state index contributed by atoms with van der Waals surface area (Å²) in [6.45, 7) is 5.14. The summed E-state index contributed by atoms with van der Waals surface area (Å²) in [7, 11) is 0. The van der Waals surface area contributed by atoms with E-state index in [2.05, 4.69) is 16.5 Å². The average Bonchev–Trinajstić information content (AvgIpc) is 2.99. The third-order valence-corrected chi connectivity index (χ3v) is 5.59. The van der Waals surface area contributed by atoms with Gasteiger partial charge in [0.25, 0.3) is 0 Å². The van der Waals surface area contributed by atoms with Crippen molar-refractivity contribution in [3.05, 3.63) is 47.3 Å². The van der Waals surface area contributed by atoms with E-state index in [9.17, 15) is 4.79 Å². The number of nitrogens with zero attached hydrogens (tertiary/aromatic N) is 2. The third-order valence-electron chi connectivity index (χ3n) is 5.59. The number of rotatable bonds is 6. The maximum atomic E-state index is 12.6. The second-order valence-electron chi connectivity index (χ2n) is 7.69. The first kappa shape index (κ1) is 21.5. The van der Waals surface area contributed by atoms with Crippen LogP contribution in [0, 0.1) is 19.3 Å². The fourth-order valence-corrected chi connectivity index (χ4v) is 4.09. The average molecular weight is 391 g/mol. The van der Waals surface area contributed by atoms with Crippen LogP contribution in [0.2, 0.25) is 0 Å². The van der Waals surface area contributed by atoms with Crippen LogP contribution < -0.4 is 11.1 Å². The molecular weight excluding hydrogens is 360 g/mol. The van der Waals surface area contributed by atoms with Crippen LogP contribution in [0.1, 0.15) is 55.5 Å². The van der Waals surface area contributed by atoms with Gasteiger partial charge in [-0.15, -0.1) is 12.4 Å². The Kier molecular flexibility index (Phi) is 7.45. The van der Waals surface area contributed by atoms with Gasteiger partial charge in [0, 0.05) is 18.7 Å². The Hall–Kier alpha value is -1.85. The normalized spacial score (nSPS) is 15.8. The van der Waals surface area contributed by atoms with E-state index in [4.69, 9.17) is 5.73 Å². The molecule has 0 atom stereocenters. The number of benzene rings is 1. The highest BCUT2D eigenvalue weighted by Gasteiger charge is 2.32. The minimum absolute atomic E-state index is 0. The zero-order chi connectivity index (χ0) is 18.6. The maximum Gasteiger partial charge on any atom is 0.220 e. The molecule has 0 unspecified atom stereocenters. The first-order valence-corrected chi connectivity index (χ1v) is 9.61. The van der Waals surface area contributed by atoms with Crippen LogP contribution in [-0.4, -0.2) is 22.2 Å². The minimum atomic E-state index is -0.00245. The second-order valence-corrected chi connectivity index (χ2v) is 7.69. The third kappa shape index (κ3) is 5.11. The molecule has 1 amide bonds. The van der Waals surface area contributed by atoms with Crippen LogP contribution >= 0.6 is 12.4 Å². The molecule has 1 heterocycles. The SMILES string of the molecule is Cc1cc(C)n(-c2ccccc2CNC(=O)CC2(CN)CCCCC2)n1.Cl. The van der Waals surface area contributed by atoms with Gasteiger partial charge in [-0.2, -0.15) is 5.10 Å². The molecule has 1 fully saturated rings. The Morgan fingerprint density at radius 3 is 2.56 bits per heavy atom. The predicted octanol–water partition coefficient (Wildman–Crippen LogP) is 3.83. The number of amides is 1. The van der Waals surface area contributed by atoms with E-state index >= 15 is 0 Å². The summed E-state index contributed by atoms with van der Waals surface area (Å²) in [6, 6.07) is 10.2. The summed E-state index contributed by atoms with van der Waals surface area (Å²) >= 11 is 0. The Morgan fingerprint density at radius 1 is 1.22 bits per heavy atom. The number of carbonyl (C=O) groups is 1.